The highest BCUT2D eigenvalue weighted by Gasteiger charge is 2.13. The Balaban J connectivity index is 1.91. The summed E-state index contributed by atoms with van der Waals surface area (Å²) in [6.07, 6.45) is 4.83. The third-order valence-electron chi connectivity index (χ3n) is 3.88. The average molecular weight is 284 g/mol. The predicted molar refractivity (Wildman–Crippen MR) is 82.5 cm³/mol. The molecule has 5 heteroatoms. The maximum absolute atomic E-state index is 5.95. The van der Waals surface area contributed by atoms with E-state index in [1.165, 1.54) is 30.4 Å². The molecule has 0 saturated carbocycles. The highest BCUT2D eigenvalue weighted by Crippen LogP contribution is 2.30. The van der Waals surface area contributed by atoms with E-state index in [0.717, 1.165) is 17.7 Å². The van der Waals surface area contributed by atoms with Crippen LogP contribution in [0.2, 0.25) is 0 Å². The molecule has 0 amide bonds. The van der Waals surface area contributed by atoms with Crippen molar-refractivity contribution >= 4 is 5.82 Å². The Labute approximate surface area is 124 Å². The Morgan fingerprint density at radius 2 is 1.86 bits per heavy atom. The second kappa shape index (κ2) is 5.69. The first kappa shape index (κ1) is 13.8. The van der Waals surface area contributed by atoms with E-state index < -0.39 is 0 Å². The van der Waals surface area contributed by atoms with Gasteiger partial charge in [0.2, 0.25) is 5.88 Å². The molecule has 0 radical (unpaired) electrons. The largest absolute Gasteiger partial charge is 0.439 e. The van der Waals surface area contributed by atoms with Crippen molar-refractivity contribution in [2.75, 3.05) is 5.43 Å². The summed E-state index contributed by atoms with van der Waals surface area (Å²) in [6, 6.07) is 6.30. The van der Waals surface area contributed by atoms with Crippen LogP contribution in [0.5, 0.6) is 11.6 Å². The van der Waals surface area contributed by atoms with E-state index in [0.29, 0.717) is 17.5 Å². The standard InChI is InChI=1S/C16H20N4O/c1-10-15(20-17)18-11(2)19-16(10)21-14-8-7-12-5-3-4-6-13(12)9-14/h7-9H,3-6,17H2,1-2H3,(H,18,19,20). The van der Waals surface area contributed by atoms with Crippen LogP contribution in [-0.2, 0) is 12.8 Å². The summed E-state index contributed by atoms with van der Waals surface area (Å²) in [4.78, 5) is 8.60. The molecule has 0 spiro atoms. The Morgan fingerprint density at radius 1 is 1.10 bits per heavy atom. The molecule has 0 fully saturated rings. The number of anilines is 1. The van der Waals surface area contributed by atoms with Gasteiger partial charge in [0.05, 0.1) is 5.56 Å². The highest BCUT2D eigenvalue weighted by molar-refractivity contribution is 5.49. The smallest absolute Gasteiger partial charge is 0.227 e. The summed E-state index contributed by atoms with van der Waals surface area (Å²) in [5, 5.41) is 0. The molecule has 1 aliphatic carbocycles. The molecule has 110 valence electrons. The van der Waals surface area contributed by atoms with Crippen LogP contribution in [0.25, 0.3) is 0 Å². The molecule has 1 heterocycles. The molecule has 0 saturated heterocycles. The summed E-state index contributed by atoms with van der Waals surface area (Å²) in [5.74, 6) is 8.06. The van der Waals surface area contributed by atoms with Crippen LogP contribution in [0.15, 0.2) is 18.2 Å². The third-order valence-corrected chi connectivity index (χ3v) is 3.88. The fourth-order valence-corrected chi connectivity index (χ4v) is 2.73. The minimum absolute atomic E-state index is 0.547. The van der Waals surface area contributed by atoms with Gasteiger partial charge in [0, 0.05) is 0 Å². The minimum atomic E-state index is 0.547. The molecular formula is C16H20N4O. The Morgan fingerprint density at radius 3 is 2.62 bits per heavy atom. The molecule has 5 nitrogen and oxygen atoms in total. The number of ether oxygens (including phenoxy) is 1. The fraction of sp³-hybridized carbons (Fsp3) is 0.375. The molecule has 1 aromatic carbocycles. The van der Waals surface area contributed by atoms with E-state index in [-0.39, 0.29) is 0 Å². The summed E-state index contributed by atoms with van der Waals surface area (Å²) in [7, 11) is 0. The Hall–Kier alpha value is -2.14. The molecule has 0 unspecified atom stereocenters. The topological polar surface area (TPSA) is 73.1 Å². The summed E-state index contributed by atoms with van der Waals surface area (Å²) < 4.78 is 5.95. The number of rotatable bonds is 3. The Kier molecular flexibility index (Phi) is 3.75. The average Bonchev–Trinajstić information content (AvgIpc) is 2.50. The van der Waals surface area contributed by atoms with Crippen LogP contribution in [0.4, 0.5) is 5.82 Å². The van der Waals surface area contributed by atoms with Crippen LogP contribution in [0.3, 0.4) is 0 Å². The Bertz CT molecular complexity index is 670. The van der Waals surface area contributed by atoms with Crippen molar-refractivity contribution in [3.63, 3.8) is 0 Å². The maximum Gasteiger partial charge on any atom is 0.227 e. The SMILES string of the molecule is Cc1nc(NN)c(C)c(Oc2ccc3c(c2)CCCC3)n1. The zero-order valence-electron chi connectivity index (χ0n) is 12.4. The number of nitrogen functional groups attached to an aromatic ring is 1. The zero-order chi connectivity index (χ0) is 14.8. The van der Waals surface area contributed by atoms with Crippen LogP contribution in [0, 0.1) is 13.8 Å². The quantitative estimate of drug-likeness (QED) is 0.669. The number of hydrazine groups is 1. The second-order valence-corrected chi connectivity index (χ2v) is 5.43. The number of nitrogens with zero attached hydrogens (tertiary/aromatic N) is 2. The molecule has 0 bridgehead atoms. The molecule has 0 atom stereocenters. The van der Waals surface area contributed by atoms with E-state index in [2.05, 4.69) is 27.5 Å². The van der Waals surface area contributed by atoms with Crippen molar-refractivity contribution in [3.8, 4) is 11.6 Å². The van der Waals surface area contributed by atoms with Crippen LogP contribution in [0.1, 0.15) is 35.4 Å². The van der Waals surface area contributed by atoms with E-state index in [4.69, 9.17) is 10.6 Å². The van der Waals surface area contributed by atoms with Gasteiger partial charge in [0.1, 0.15) is 17.4 Å². The zero-order valence-corrected chi connectivity index (χ0v) is 12.4. The lowest BCUT2D eigenvalue weighted by Crippen LogP contribution is -2.12. The first-order valence-electron chi connectivity index (χ1n) is 7.29. The molecule has 3 rings (SSSR count). The van der Waals surface area contributed by atoms with Gasteiger partial charge in [-0.1, -0.05) is 6.07 Å². The van der Waals surface area contributed by atoms with Crippen molar-refractivity contribution < 1.29 is 4.74 Å². The number of fused-ring (bicyclic) bond motifs is 1. The number of aromatic nitrogens is 2. The van der Waals surface area contributed by atoms with Crippen LogP contribution in [-0.4, -0.2) is 9.97 Å². The van der Waals surface area contributed by atoms with Crippen molar-refractivity contribution in [2.24, 2.45) is 5.84 Å². The van der Waals surface area contributed by atoms with Gasteiger partial charge in [0.25, 0.3) is 0 Å². The first-order valence-corrected chi connectivity index (χ1v) is 7.29. The molecule has 1 aromatic heterocycles. The molecule has 0 aliphatic heterocycles. The normalized spacial score (nSPS) is 13.7. The number of hydrogen-bond donors (Lipinski definition) is 2. The van der Waals surface area contributed by atoms with E-state index in [9.17, 15) is 0 Å². The van der Waals surface area contributed by atoms with E-state index >= 15 is 0 Å². The molecule has 1 aliphatic rings. The summed E-state index contributed by atoms with van der Waals surface area (Å²) >= 11 is 0. The monoisotopic (exact) mass is 284 g/mol. The van der Waals surface area contributed by atoms with Gasteiger partial charge in [0.15, 0.2) is 0 Å². The van der Waals surface area contributed by atoms with E-state index in [1.807, 2.05) is 19.9 Å². The second-order valence-electron chi connectivity index (χ2n) is 5.43. The molecule has 2 aromatic rings. The van der Waals surface area contributed by atoms with Gasteiger partial charge in [-0.25, -0.2) is 10.8 Å². The predicted octanol–water partition coefficient (Wildman–Crippen LogP) is 3.05. The lowest BCUT2D eigenvalue weighted by molar-refractivity contribution is 0.454. The number of hydrogen-bond acceptors (Lipinski definition) is 5. The molecular weight excluding hydrogens is 264 g/mol. The van der Waals surface area contributed by atoms with Crippen molar-refractivity contribution in [3.05, 3.63) is 40.7 Å². The van der Waals surface area contributed by atoms with Gasteiger partial charge in [-0.2, -0.15) is 4.98 Å². The number of nitrogens with one attached hydrogen (secondary N) is 1. The maximum atomic E-state index is 5.95. The number of aryl methyl sites for hydroxylation is 3. The summed E-state index contributed by atoms with van der Waals surface area (Å²) in [5.41, 5.74) is 6.21. The van der Waals surface area contributed by atoms with Crippen LogP contribution < -0.4 is 16.0 Å². The molecule has 21 heavy (non-hydrogen) atoms. The third kappa shape index (κ3) is 2.83. The minimum Gasteiger partial charge on any atom is -0.439 e. The number of nitrogens with two attached hydrogens (primary N) is 1. The first-order chi connectivity index (χ1) is 10.2. The highest BCUT2D eigenvalue weighted by atomic mass is 16.5. The fourth-order valence-electron chi connectivity index (χ4n) is 2.73. The van der Waals surface area contributed by atoms with Gasteiger partial charge >= 0.3 is 0 Å². The lowest BCUT2D eigenvalue weighted by Gasteiger charge is -2.17. The van der Waals surface area contributed by atoms with Gasteiger partial charge in [-0.15, -0.1) is 0 Å². The van der Waals surface area contributed by atoms with E-state index in [1.54, 1.807) is 0 Å². The lowest BCUT2D eigenvalue weighted by atomic mass is 9.92. The van der Waals surface area contributed by atoms with Gasteiger partial charge in [-0.05, 0) is 62.8 Å². The summed E-state index contributed by atoms with van der Waals surface area (Å²) in [6.45, 7) is 3.71. The molecule has 3 N–H and O–H groups in total. The van der Waals surface area contributed by atoms with Gasteiger partial charge in [-0.3, -0.25) is 0 Å². The number of benzene rings is 1. The van der Waals surface area contributed by atoms with Crippen molar-refractivity contribution in [1.29, 1.82) is 0 Å². The van der Waals surface area contributed by atoms with Crippen molar-refractivity contribution in [1.82, 2.24) is 9.97 Å². The van der Waals surface area contributed by atoms with Crippen molar-refractivity contribution in [2.45, 2.75) is 39.5 Å². The van der Waals surface area contributed by atoms with Crippen LogP contribution >= 0.6 is 0 Å². The van der Waals surface area contributed by atoms with Gasteiger partial charge < -0.3 is 10.2 Å².